The number of H-pyrrole nitrogens is 1. The Balaban J connectivity index is 1.39. The number of aryl methyl sites for hydroxylation is 1. The van der Waals surface area contributed by atoms with Crippen LogP contribution in [-0.4, -0.2) is 30.5 Å². The standard InChI is InChI=1S/C26H32ClN3O/c1-2-3-7-22-23-18-20(27)10-13-24(23)29-25(22)26(31)28-15-14-19-8-11-21(12-9-19)30-16-5-4-6-17-30/h8-13,18,29H,2-7,14-17H2,1H3,(H,28,31). The first-order valence-electron chi connectivity index (χ1n) is 11.6. The predicted molar refractivity (Wildman–Crippen MR) is 130 cm³/mol. The molecule has 4 rings (SSSR count). The number of amides is 1. The lowest BCUT2D eigenvalue weighted by Gasteiger charge is -2.28. The maximum absolute atomic E-state index is 13.0. The first-order valence-corrected chi connectivity index (χ1v) is 12.0. The van der Waals surface area contributed by atoms with E-state index in [4.69, 9.17) is 11.6 Å². The molecule has 2 aromatic carbocycles. The molecule has 1 aromatic heterocycles. The summed E-state index contributed by atoms with van der Waals surface area (Å²) in [7, 11) is 0. The second-order valence-electron chi connectivity index (χ2n) is 8.49. The van der Waals surface area contributed by atoms with Crippen LogP contribution in [0.4, 0.5) is 5.69 Å². The number of carbonyl (C=O) groups excluding carboxylic acids is 1. The van der Waals surface area contributed by atoms with Gasteiger partial charge in [0.15, 0.2) is 0 Å². The molecule has 1 saturated heterocycles. The van der Waals surface area contributed by atoms with Gasteiger partial charge in [-0.2, -0.15) is 0 Å². The SMILES string of the molecule is CCCCc1c(C(=O)NCCc2ccc(N3CCCCC3)cc2)[nH]c2ccc(Cl)cc12. The fraction of sp³-hybridized carbons (Fsp3) is 0.423. The van der Waals surface area contributed by atoms with Gasteiger partial charge in [0, 0.05) is 41.2 Å². The van der Waals surface area contributed by atoms with Crippen molar-refractivity contribution in [1.29, 1.82) is 0 Å². The maximum Gasteiger partial charge on any atom is 0.268 e. The molecule has 0 saturated carbocycles. The van der Waals surface area contributed by atoms with E-state index in [2.05, 4.69) is 46.4 Å². The van der Waals surface area contributed by atoms with Crippen molar-refractivity contribution in [2.75, 3.05) is 24.5 Å². The largest absolute Gasteiger partial charge is 0.372 e. The fourth-order valence-corrected chi connectivity index (χ4v) is 4.63. The first kappa shape index (κ1) is 21.8. The second-order valence-corrected chi connectivity index (χ2v) is 8.93. The van der Waals surface area contributed by atoms with Gasteiger partial charge in [-0.15, -0.1) is 0 Å². The van der Waals surface area contributed by atoms with Gasteiger partial charge >= 0.3 is 0 Å². The van der Waals surface area contributed by atoms with Crippen LogP contribution in [0.15, 0.2) is 42.5 Å². The number of piperidine rings is 1. The van der Waals surface area contributed by atoms with Gasteiger partial charge in [0.1, 0.15) is 5.69 Å². The van der Waals surface area contributed by atoms with E-state index < -0.39 is 0 Å². The van der Waals surface area contributed by atoms with E-state index in [1.165, 1.54) is 30.5 Å². The monoisotopic (exact) mass is 437 g/mol. The van der Waals surface area contributed by atoms with Crippen LogP contribution in [0, 0.1) is 0 Å². The van der Waals surface area contributed by atoms with Crippen LogP contribution in [-0.2, 0) is 12.8 Å². The third-order valence-electron chi connectivity index (χ3n) is 6.23. The fourth-order valence-electron chi connectivity index (χ4n) is 4.46. The van der Waals surface area contributed by atoms with Crippen LogP contribution in [0.3, 0.4) is 0 Å². The number of halogens is 1. The van der Waals surface area contributed by atoms with Gasteiger partial charge in [-0.1, -0.05) is 37.1 Å². The Morgan fingerprint density at radius 3 is 2.58 bits per heavy atom. The van der Waals surface area contributed by atoms with Gasteiger partial charge in [0.05, 0.1) is 0 Å². The highest BCUT2D eigenvalue weighted by molar-refractivity contribution is 6.31. The molecule has 5 heteroatoms. The number of fused-ring (bicyclic) bond motifs is 1. The summed E-state index contributed by atoms with van der Waals surface area (Å²) in [5.41, 5.74) is 5.27. The van der Waals surface area contributed by atoms with Gasteiger partial charge in [-0.05, 0) is 80.0 Å². The smallest absolute Gasteiger partial charge is 0.268 e. The third-order valence-corrected chi connectivity index (χ3v) is 6.47. The topological polar surface area (TPSA) is 48.1 Å². The van der Waals surface area contributed by atoms with Crippen molar-refractivity contribution < 1.29 is 4.79 Å². The van der Waals surface area contributed by atoms with Crippen LogP contribution < -0.4 is 10.2 Å². The molecule has 0 radical (unpaired) electrons. The first-order chi connectivity index (χ1) is 15.2. The number of rotatable bonds is 8. The van der Waals surface area contributed by atoms with Crippen molar-refractivity contribution in [3.05, 3.63) is 64.3 Å². The summed E-state index contributed by atoms with van der Waals surface area (Å²) in [5, 5.41) is 4.86. The predicted octanol–water partition coefficient (Wildman–Crippen LogP) is 6.13. The Hall–Kier alpha value is -2.46. The molecular weight excluding hydrogens is 406 g/mol. The molecule has 31 heavy (non-hydrogen) atoms. The number of hydrogen-bond acceptors (Lipinski definition) is 2. The Morgan fingerprint density at radius 2 is 1.84 bits per heavy atom. The van der Waals surface area contributed by atoms with Crippen LogP contribution >= 0.6 is 11.6 Å². The van der Waals surface area contributed by atoms with E-state index in [1.807, 2.05) is 18.2 Å². The summed E-state index contributed by atoms with van der Waals surface area (Å²) < 4.78 is 0. The van der Waals surface area contributed by atoms with Crippen LogP contribution in [0.25, 0.3) is 10.9 Å². The van der Waals surface area contributed by atoms with Crippen molar-refractivity contribution in [2.45, 2.75) is 51.9 Å². The molecule has 3 aromatic rings. The molecule has 1 amide bonds. The summed E-state index contributed by atoms with van der Waals surface area (Å²) in [5.74, 6) is -0.0386. The van der Waals surface area contributed by atoms with Gasteiger partial charge in [-0.3, -0.25) is 4.79 Å². The number of carbonyl (C=O) groups is 1. The van der Waals surface area contributed by atoms with E-state index in [1.54, 1.807) is 0 Å². The van der Waals surface area contributed by atoms with Crippen LogP contribution in [0.2, 0.25) is 5.02 Å². The Morgan fingerprint density at radius 1 is 1.06 bits per heavy atom. The summed E-state index contributed by atoms with van der Waals surface area (Å²) in [4.78, 5) is 18.7. The molecule has 1 aliphatic heterocycles. The second kappa shape index (κ2) is 10.2. The van der Waals surface area contributed by atoms with Crippen molar-refractivity contribution in [3.63, 3.8) is 0 Å². The molecule has 2 heterocycles. The number of aromatic amines is 1. The summed E-state index contributed by atoms with van der Waals surface area (Å²) in [6.07, 6.45) is 7.74. The highest BCUT2D eigenvalue weighted by atomic mass is 35.5. The van der Waals surface area contributed by atoms with Crippen molar-refractivity contribution in [3.8, 4) is 0 Å². The Labute approximate surface area is 190 Å². The number of aromatic nitrogens is 1. The van der Waals surface area contributed by atoms with Crippen LogP contribution in [0.1, 0.15) is 60.6 Å². The van der Waals surface area contributed by atoms with Gasteiger partial charge in [-0.25, -0.2) is 0 Å². The summed E-state index contributed by atoms with van der Waals surface area (Å²) >= 11 is 6.21. The van der Waals surface area contributed by atoms with E-state index in [-0.39, 0.29) is 5.91 Å². The molecule has 0 spiro atoms. The molecule has 1 fully saturated rings. The minimum Gasteiger partial charge on any atom is -0.372 e. The normalized spacial score (nSPS) is 14.2. The number of hydrogen-bond donors (Lipinski definition) is 2. The number of benzene rings is 2. The van der Waals surface area contributed by atoms with Crippen molar-refractivity contribution in [1.82, 2.24) is 10.3 Å². The number of unbranched alkanes of at least 4 members (excludes halogenated alkanes) is 1. The molecule has 0 unspecified atom stereocenters. The summed E-state index contributed by atoms with van der Waals surface area (Å²) in [6.45, 7) is 5.10. The quantitative estimate of drug-likeness (QED) is 0.445. The van der Waals surface area contributed by atoms with Gasteiger partial charge in [0.25, 0.3) is 5.91 Å². The van der Waals surface area contributed by atoms with Crippen molar-refractivity contribution >= 4 is 34.1 Å². The lowest BCUT2D eigenvalue weighted by Crippen LogP contribution is -2.29. The van der Waals surface area contributed by atoms with Gasteiger partial charge in [0.2, 0.25) is 0 Å². The molecular formula is C26H32ClN3O. The zero-order chi connectivity index (χ0) is 21.6. The van der Waals surface area contributed by atoms with E-state index in [0.717, 1.165) is 55.2 Å². The molecule has 164 valence electrons. The zero-order valence-electron chi connectivity index (χ0n) is 18.3. The van der Waals surface area contributed by atoms with E-state index in [0.29, 0.717) is 17.3 Å². The average molecular weight is 438 g/mol. The Bertz CT molecular complexity index is 1020. The number of anilines is 1. The third kappa shape index (κ3) is 5.24. The van der Waals surface area contributed by atoms with Gasteiger partial charge < -0.3 is 15.2 Å². The average Bonchev–Trinajstić information content (AvgIpc) is 3.16. The highest BCUT2D eigenvalue weighted by Gasteiger charge is 2.17. The Kier molecular flexibility index (Phi) is 7.18. The minimum absolute atomic E-state index is 0.0386. The lowest BCUT2D eigenvalue weighted by atomic mass is 10.0. The molecule has 0 aliphatic carbocycles. The lowest BCUT2D eigenvalue weighted by molar-refractivity contribution is 0.0949. The summed E-state index contributed by atoms with van der Waals surface area (Å²) in [6, 6.07) is 14.6. The van der Waals surface area contributed by atoms with E-state index in [9.17, 15) is 4.79 Å². The number of nitrogens with one attached hydrogen (secondary N) is 2. The molecule has 2 N–H and O–H groups in total. The van der Waals surface area contributed by atoms with Crippen molar-refractivity contribution in [2.24, 2.45) is 0 Å². The molecule has 0 bridgehead atoms. The van der Waals surface area contributed by atoms with Crippen LogP contribution in [0.5, 0.6) is 0 Å². The molecule has 0 atom stereocenters. The molecule has 4 nitrogen and oxygen atoms in total. The van der Waals surface area contributed by atoms with E-state index >= 15 is 0 Å². The zero-order valence-corrected chi connectivity index (χ0v) is 19.1. The minimum atomic E-state index is -0.0386. The number of nitrogens with zero attached hydrogens (tertiary/aromatic N) is 1. The maximum atomic E-state index is 13.0. The highest BCUT2D eigenvalue weighted by Crippen LogP contribution is 2.27. The molecule has 1 aliphatic rings.